The average Bonchev–Trinajstić information content (AvgIpc) is 2.62. The van der Waals surface area contributed by atoms with Gasteiger partial charge in [0.2, 0.25) is 0 Å². The first kappa shape index (κ1) is 12.0. The molecule has 0 radical (unpaired) electrons. The molecule has 0 spiro atoms. The second kappa shape index (κ2) is 5.72. The van der Waals surface area contributed by atoms with Gasteiger partial charge >= 0.3 is 0 Å². The highest BCUT2D eigenvalue weighted by Crippen LogP contribution is 2.34. The van der Waals surface area contributed by atoms with Gasteiger partial charge in [-0.15, -0.1) is 0 Å². The van der Waals surface area contributed by atoms with Crippen LogP contribution in [0, 0.1) is 11.8 Å². The van der Waals surface area contributed by atoms with Crippen LogP contribution in [0.4, 0.5) is 0 Å². The predicted octanol–water partition coefficient (Wildman–Crippen LogP) is 2.13. The molecule has 0 bridgehead atoms. The summed E-state index contributed by atoms with van der Waals surface area (Å²) >= 11 is 0. The quantitative estimate of drug-likeness (QED) is 0.733. The SMILES string of the molecule is CC(C)C1CCCC1N(C)CCCO. The van der Waals surface area contributed by atoms with E-state index >= 15 is 0 Å². The monoisotopic (exact) mass is 199 g/mol. The molecular weight excluding hydrogens is 174 g/mol. The van der Waals surface area contributed by atoms with Crippen LogP contribution in [-0.4, -0.2) is 36.2 Å². The van der Waals surface area contributed by atoms with Gasteiger partial charge in [0.05, 0.1) is 0 Å². The van der Waals surface area contributed by atoms with Gasteiger partial charge in [-0.05, 0) is 38.1 Å². The zero-order valence-corrected chi connectivity index (χ0v) is 9.87. The highest BCUT2D eigenvalue weighted by Gasteiger charge is 2.31. The zero-order chi connectivity index (χ0) is 10.6. The summed E-state index contributed by atoms with van der Waals surface area (Å²) in [5.41, 5.74) is 0. The highest BCUT2D eigenvalue weighted by molar-refractivity contribution is 4.85. The predicted molar refractivity (Wildman–Crippen MR) is 60.3 cm³/mol. The Hall–Kier alpha value is -0.0800. The van der Waals surface area contributed by atoms with Crippen molar-refractivity contribution in [3.05, 3.63) is 0 Å². The maximum atomic E-state index is 8.81. The molecular formula is C12H25NO. The molecule has 0 heterocycles. The maximum absolute atomic E-state index is 8.81. The summed E-state index contributed by atoms with van der Waals surface area (Å²) in [6.07, 6.45) is 5.05. The normalized spacial score (nSPS) is 27.9. The number of hydrogen-bond acceptors (Lipinski definition) is 2. The Labute approximate surface area is 88.3 Å². The molecule has 2 unspecified atom stereocenters. The first-order chi connectivity index (χ1) is 6.66. The number of aliphatic hydroxyl groups is 1. The maximum Gasteiger partial charge on any atom is 0.0443 e. The Morgan fingerprint density at radius 2 is 2.07 bits per heavy atom. The molecule has 0 aromatic carbocycles. The highest BCUT2D eigenvalue weighted by atomic mass is 16.3. The topological polar surface area (TPSA) is 23.5 Å². The third-order valence-electron chi connectivity index (χ3n) is 3.62. The fraction of sp³-hybridized carbons (Fsp3) is 1.00. The van der Waals surface area contributed by atoms with E-state index in [1.54, 1.807) is 0 Å². The van der Waals surface area contributed by atoms with Gasteiger partial charge in [0.15, 0.2) is 0 Å². The molecule has 2 heteroatoms. The number of aliphatic hydroxyl groups excluding tert-OH is 1. The Morgan fingerprint density at radius 3 is 2.64 bits per heavy atom. The molecule has 84 valence electrons. The largest absolute Gasteiger partial charge is 0.396 e. The second-order valence-electron chi connectivity index (χ2n) is 4.96. The van der Waals surface area contributed by atoms with Crippen molar-refractivity contribution in [1.29, 1.82) is 0 Å². The molecule has 14 heavy (non-hydrogen) atoms. The van der Waals surface area contributed by atoms with Crippen LogP contribution < -0.4 is 0 Å². The van der Waals surface area contributed by atoms with Crippen molar-refractivity contribution in [1.82, 2.24) is 4.90 Å². The van der Waals surface area contributed by atoms with Gasteiger partial charge in [0, 0.05) is 19.2 Å². The zero-order valence-electron chi connectivity index (χ0n) is 9.87. The lowest BCUT2D eigenvalue weighted by molar-refractivity contribution is 0.154. The molecule has 0 amide bonds. The Kier molecular flexibility index (Phi) is 4.90. The summed E-state index contributed by atoms with van der Waals surface area (Å²) in [5, 5.41) is 8.81. The van der Waals surface area contributed by atoms with Gasteiger partial charge < -0.3 is 10.0 Å². The molecule has 1 aliphatic carbocycles. The Balaban J connectivity index is 2.40. The van der Waals surface area contributed by atoms with Crippen LogP contribution in [0.2, 0.25) is 0 Å². The average molecular weight is 199 g/mol. The third-order valence-corrected chi connectivity index (χ3v) is 3.62. The van der Waals surface area contributed by atoms with Crippen LogP contribution in [0.15, 0.2) is 0 Å². The van der Waals surface area contributed by atoms with Crippen LogP contribution in [0.1, 0.15) is 39.5 Å². The van der Waals surface area contributed by atoms with E-state index in [0.717, 1.165) is 30.8 Å². The molecule has 0 saturated heterocycles. The van der Waals surface area contributed by atoms with E-state index in [4.69, 9.17) is 5.11 Å². The Bertz CT molecular complexity index is 158. The van der Waals surface area contributed by atoms with E-state index < -0.39 is 0 Å². The molecule has 1 N–H and O–H groups in total. The minimum absolute atomic E-state index is 0.323. The van der Waals surface area contributed by atoms with Gasteiger partial charge in [-0.3, -0.25) is 0 Å². The van der Waals surface area contributed by atoms with Crippen molar-refractivity contribution in [2.24, 2.45) is 11.8 Å². The third kappa shape index (κ3) is 2.96. The van der Waals surface area contributed by atoms with Crippen molar-refractivity contribution < 1.29 is 5.11 Å². The van der Waals surface area contributed by atoms with Crippen molar-refractivity contribution in [2.45, 2.75) is 45.6 Å². The first-order valence-corrected chi connectivity index (χ1v) is 5.98. The van der Waals surface area contributed by atoms with Crippen LogP contribution >= 0.6 is 0 Å². The van der Waals surface area contributed by atoms with Gasteiger partial charge in [0.25, 0.3) is 0 Å². The summed E-state index contributed by atoms with van der Waals surface area (Å²) < 4.78 is 0. The van der Waals surface area contributed by atoms with E-state index in [0.29, 0.717) is 6.61 Å². The summed E-state index contributed by atoms with van der Waals surface area (Å²) in [5.74, 6) is 1.68. The van der Waals surface area contributed by atoms with E-state index in [1.807, 2.05) is 0 Å². The lowest BCUT2D eigenvalue weighted by atomic mass is 9.90. The van der Waals surface area contributed by atoms with Crippen molar-refractivity contribution in [3.63, 3.8) is 0 Å². The minimum atomic E-state index is 0.323. The van der Waals surface area contributed by atoms with E-state index in [9.17, 15) is 0 Å². The summed E-state index contributed by atoms with van der Waals surface area (Å²) in [4.78, 5) is 2.45. The summed E-state index contributed by atoms with van der Waals surface area (Å²) in [7, 11) is 2.21. The van der Waals surface area contributed by atoms with Crippen molar-refractivity contribution in [2.75, 3.05) is 20.2 Å². The lowest BCUT2D eigenvalue weighted by Crippen LogP contribution is -2.37. The van der Waals surface area contributed by atoms with Gasteiger partial charge in [-0.25, -0.2) is 0 Å². The second-order valence-corrected chi connectivity index (χ2v) is 4.96. The molecule has 2 atom stereocenters. The number of nitrogens with zero attached hydrogens (tertiary/aromatic N) is 1. The standard InChI is InChI=1S/C12H25NO/c1-10(2)11-6-4-7-12(11)13(3)8-5-9-14/h10-12,14H,4-9H2,1-3H3. The van der Waals surface area contributed by atoms with E-state index in [2.05, 4.69) is 25.8 Å². The smallest absolute Gasteiger partial charge is 0.0443 e. The van der Waals surface area contributed by atoms with Gasteiger partial charge in [-0.2, -0.15) is 0 Å². The first-order valence-electron chi connectivity index (χ1n) is 5.98. The summed E-state index contributed by atoms with van der Waals surface area (Å²) in [6.45, 7) is 6.04. The molecule has 2 nitrogen and oxygen atoms in total. The fourth-order valence-electron chi connectivity index (χ4n) is 2.78. The van der Waals surface area contributed by atoms with E-state index in [1.165, 1.54) is 19.3 Å². The van der Waals surface area contributed by atoms with Crippen LogP contribution in [0.3, 0.4) is 0 Å². The lowest BCUT2D eigenvalue weighted by Gasteiger charge is -2.31. The molecule has 1 saturated carbocycles. The minimum Gasteiger partial charge on any atom is -0.396 e. The van der Waals surface area contributed by atoms with Crippen LogP contribution in [-0.2, 0) is 0 Å². The van der Waals surface area contributed by atoms with Crippen molar-refractivity contribution >= 4 is 0 Å². The molecule has 0 aliphatic heterocycles. The van der Waals surface area contributed by atoms with Crippen LogP contribution in [0.25, 0.3) is 0 Å². The molecule has 1 fully saturated rings. The molecule has 0 aromatic heterocycles. The molecule has 1 rings (SSSR count). The van der Waals surface area contributed by atoms with Crippen LogP contribution in [0.5, 0.6) is 0 Å². The number of rotatable bonds is 5. The Morgan fingerprint density at radius 1 is 1.36 bits per heavy atom. The van der Waals surface area contributed by atoms with Crippen molar-refractivity contribution in [3.8, 4) is 0 Å². The number of hydrogen-bond donors (Lipinski definition) is 1. The molecule has 0 aromatic rings. The summed E-state index contributed by atoms with van der Waals surface area (Å²) in [6, 6.07) is 0.765. The van der Waals surface area contributed by atoms with Gasteiger partial charge in [-0.1, -0.05) is 20.3 Å². The fourth-order valence-corrected chi connectivity index (χ4v) is 2.78. The molecule has 1 aliphatic rings. The van der Waals surface area contributed by atoms with Gasteiger partial charge in [0.1, 0.15) is 0 Å². The van der Waals surface area contributed by atoms with E-state index in [-0.39, 0.29) is 0 Å².